The quantitative estimate of drug-likeness (QED) is 0.219. The largest absolute Gasteiger partial charge is 0.465 e. The summed E-state index contributed by atoms with van der Waals surface area (Å²) in [5.74, 6) is -2.12. The molecule has 7 atom stereocenters. The topological polar surface area (TPSA) is 90.4 Å². The molecule has 3 unspecified atom stereocenters. The maximum Gasteiger partial charge on any atom is 0.310 e. The van der Waals surface area contributed by atoms with Gasteiger partial charge in [0.05, 0.1) is 35.8 Å². The molecule has 2 amide bonds. The first kappa shape index (κ1) is 30.2. The fourth-order valence-corrected chi connectivity index (χ4v) is 9.33. The van der Waals surface area contributed by atoms with E-state index in [1.807, 2.05) is 24.3 Å². The second-order valence-corrected chi connectivity index (χ2v) is 12.5. The number of likely N-dealkylation sites (tertiary alicyclic amines) is 1. The number of hydrogen-bond acceptors (Lipinski definition) is 7. The van der Waals surface area contributed by atoms with E-state index >= 15 is 0 Å². The molecule has 0 saturated carbocycles. The maximum atomic E-state index is 14.7. The third kappa shape index (κ3) is 4.85. The van der Waals surface area contributed by atoms with Crippen molar-refractivity contribution < 1.29 is 24.2 Å². The van der Waals surface area contributed by atoms with Gasteiger partial charge in [-0.1, -0.05) is 19.1 Å². The molecular formula is C31H43N3O5S. The molecule has 3 aliphatic heterocycles. The predicted molar refractivity (Wildman–Crippen MR) is 160 cm³/mol. The van der Waals surface area contributed by atoms with Gasteiger partial charge in [-0.25, -0.2) is 0 Å². The highest BCUT2D eigenvalue weighted by atomic mass is 32.2. The molecule has 1 aromatic carbocycles. The Bertz CT molecular complexity index is 1120. The van der Waals surface area contributed by atoms with Crippen LogP contribution in [-0.4, -0.2) is 82.7 Å². The lowest BCUT2D eigenvalue weighted by molar-refractivity contribution is -0.154. The first-order chi connectivity index (χ1) is 19.2. The molecule has 0 aliphatic carbocycles. The van der Waals surface area contributed by atoms with Gasteiger partial charge in [0.15, 0.2) is 0 Å². The SMILES string of the molecule is C=CCCOC(=O)[C@@H]1[C@@H]2CC(C)C3(S2)C(C(=O)N(CC=C)c2ccc(N(CC)CC)cc2)N([C@H](C)CO)C(=O)[C@H]13. The summed E-state index contributed by atoms with van der Waals surface area (Å²) in [4.78, 5) is 47.6. The van der Waals surface area contributed by atoms with E-state index in [1.54, 1.807) is 40.6 Å². The molecule has 3 heterocycles. The first-order valence-electron chi connectivity index (χ1n) is 14.4. The van der Waals surface area contributed by atoms with E-state index in [-0.39, 0.29) is 48.7 Å². The Morgan fingerprint density at radius 1 is 1.20 bits per heavy atom. The normalized spacial score (nSPS) is 29.2. The Labute approximate surface area is 242 Å². The highest BCUT2D eigenvalue weighted by Gasteiger charge is 2.77. The number of carbonyl (C=O) groups excluding carboxylic acids is 3. The summed E-state index contributed by atoms with van der Waals surface area (Å²) >= 11 is 1.60. The number of anilines is 2. The molecule has 3 saturated heterocycles. The molecule has 0 aromatic heterocycles. The van der Waals surface area contributed by atoms with Crippen LogP contribution < -0.4 is 9.80 Å². The lowest BCUT2D eigenvalue weighted by atomic mass is 9.66. The van der Waals surface area contributed by atoms with Crippen molar-refractivity contribution in [1.82, 2.24) is 4.90 Å². The number of hydrogen-bond donors (Lipinski definition) is 1. The van der Waals surface area contributed by atoms with Gasteiger partial charge in [-0.3, -0.25) is 14.4 Å². The van der Waals surface area contributed by atoms with Crippen molar-refractivity contribution in [2.45, 2.75) is 62.6 Å². The van der Waals surface area contributed by atoms with Crippen LogP contribution in [0.2, 0.25) is 0 Å². The van der Waals surface area contributed by atoms with Crippen LogP contribution in [0, 0.1) is 17.8 Å². The second kappa shape index (κ2) is 12.4. The van der Waals surface area contributed by atoms with Crippen molar-refractivity contribution in [3.8, 4) is 0 Å². The van der Waals surface area contributed by atoms with E-state index in [9.17, 15) is 19.5 Å². The Morgan fingerprint density at radius 3 is 2.42 bits per heavy atom. The molecule has 1 aromatic rings. The van der Waals surface area contributed by atoms with Crippen molar-refractivity contribution in [3.63, 3.8) is 0 Å². The van der Waals surface area contributed by atoms with Gasteiger partial charge in [-0.2, -0.15) is 0 Å². The summed E-state index contributed by atoms with van der Waals surface area (Å²) in [5.41, 5.74) is 1.79. The standard InChI is InChI=1S/C31H43N3O5S/c1-7-11-17-39-30(38)25-24-18-20(5)31(40-24)26(25)28(36)34(21(6)19-35)27(31)29(37)33(16-8-2)23-14-12-22(13-15-23)32(9-3)10-4/h7-8,12-15,20-21,24-27,35H,1-2,9-11,16-19H2,3-6H3/t20?,21-,24+,25-,26+,27?,31?/m1/s1. The number of carbonyl (C=O) groups is 3. The van der Waals surface area contributed by atoms with Gasteiger partial charge in [0, 0.05) is 36.3 Å². The van der Waals surface area contributed by atoms with E-state index in [2.05, 4.69) is 38.8 Å². The van der Waals surface area contributed by atoms with Gasteiger partial charge in [-0.15, -0.1) is 24.9 Å². The third-order valence-electron chi connectivity index (χ3n) is 8.86. The van der Waals surface area contributed by atoms with Gasteiger partial charge in [-0.05, 0) is 63.8 Å². The zero-order valence-electron chi connectivity index (χ0n) is 24.1. The zero-order chi connectivity index (χ0) is 29.2. The number of thioether (sulfide) groups is 1. The van der Waals surface area contributed by atoms with Crippen LogP contribution in [0.3, 0.4) is 0 Å². The number of ether oxygens (including phenoxy) is 1. The number of aliphatic hydroxyl groups excluding tert-OH is 1. The van der Waals surface area contributed by atoms with E-state index in [0.29, 0.717) is 6.42 Å². The first-order valence-corrected chi connectivity index (χ1v) is 15.2. The third-order valence-corrected chi connectivity index (χ3v) is 10.9. The summed E-state index contributed by atoms with van der Waals surface area (Å²) in [5, 5.41) is 10.1. The van der Waals surface area contributed by atoms with Crippen molar-refractivity contribution >= 4 is 40.9 Å². The molecule has 9 heteroatoms. The number of rotatable bonds is 13. The fraction of sp³-hybridized carbons (Fsp3) is 0.581. The van der Waals surface area contributed by atoms with Crippen LogP contribution >= 0.6 is 11.8 Å². The van der Waals surface area contributed by atoms with Gasteiger partial charge >= 0.3 is 5.97 Å². The van der Waals surface area contributed by atoms with Crippen molar-refractivity contribution in [3.05, 3.63) is 49.6 Å². The Balaban J connectivity index is 1.75. The Morgan fingerprint density at radius 2 is 1.85 bits per heavy atom. The van der Waals surface area contributed by atoms with Crippen molar-refractivity contribution in [2.24, 2.45) is 17.8 Å². The molecule has 0 radical (unpaired) electrons. The van der Waals surface area contributed by atoms with Gasteiger partial charge in [0.2, 0.25) is 5.91 Å². The van der Waals surface area contributed by atoms with Crippen LogP contribution in [0.5, 0.6) is 0 Å². The lowest BCUT2D eigenvalue weighted by Crippen LogP contribution is -2.59. The molecule has 1 spiro atoms. The molecule has 3 fully saturated rings. The van der Waals surface area contributed by atoms with Crippen molar-refractivity contribution in [1.29, 1.82) is 0 Å². The molecule has 2 bridgehead atoms. The molecular weight excluding hydrogens is 526 g/mol. The molecule has 4 rings (SSSR count). The minimum absolute atomic E-state index is 0.0224. The number of esters is 1. The van der Waals surface area contributed by atoms with Crippen LogP contribution in [-0.2, 0) is 19.1 Å². The number of aliphatic hydroxyl groups is 1. The number of fused-ring (bicyclic) bond motifs is 1. The predicted octanol–water partition coefficient (Wildman–Crippen LogP) is 3.89. The Hall–Kier alpha value is -2.78. The van der Waals surface area contributed by atoms with E-state index in [1.165, 1.54) is 0 Å². The lowest BCUT2D eigenvalue weighted by Gasteiger charge is -2.41. The van der Waals surface area contributed by atoms with E-state index < -0.39 is 28.7 Å². The highest BCUT2D eigenvalue weighted by Crippen LogP contribution is 2.69. The monoisotopic (exact) mass is 569 g/mol. The molecule has 8 nitrogen and oxygen atoms in total. The van der Waals surface area contributed by atoms with Crippen molar-refractivity contribution in [2.75, 3.05) is 42.6 Å². The van der Waals surface area contributed by atoms with Gasteiger partial charge in [0.25, 0.3) is 5.91 Å². The second-order valence-electron chi connectivity index (χ2n) is 11.0. The van der Waals surface area contributed by atoms with Gasteiger partial charge < -0.3 is 24.5 Å². The van der Waals surface area contributed by atoms with E-state index in [4.69, 9.17) is 4.74 Å². The maximum absolute atomic E-state index is 14.7. The average molecular weight is 570 g/mol. The van der Waals surface area contributed by atoms with Crippen LogP contribution in [0.25, 0.3) is 0 Å². The smallest absolute Gasteiger partial charge is 0.310 e. The summed E-state index contributed by atoms with van der Waals surface area (Å²) in [7, 11) is 0. The van der Waals surface area contributed by atoms with Crippen LogP contribution in [0.4, 0.5) is 11.4 Å². The van der Waals surface area contributed by atoms with E-state index in [0.717, 1.165) is 30.9 Å². The number of amides is 2. The molecule has 3 aliphatic rings. The summed E-state index contributed by atoms with van der Waals surface area (Å²) in [6.07, 6.45) is 4.63. The number of nitrogens with zero attached hydrogens (tertiary/aromatic N) is 3. The fourth-order valence-electron chi connectivity index (χ4n) is 6.94. The molecule has 40 heavy (non-hydrogen) atoms. The zero-order valence-corrected chi connectivity index (χ0v) is 24.9. The molecule has 218 valence electrons. The minimum Gasteiger partial charge on any atom is -0.465 e. The average Bonchev–Trinajstić information content (AvgIpc) is 3.55. The highest BCUT2D eigenvalue weighted by molar-refractivity contribution is 8.02. The Kier molecular flexibility index (Phi) is 9.35. The minimum atomic E-state index is -0.828. The van der Waals surface area contributed by atoms with Crippen LogP contribution in [0.15, 0.2) is 49.6 Å². The summed E-state index contributed by atoms with van der Waals surface area (Å²) < 4.78 is 4.79. The van der Waals surface area contributed by atoms with Gasteiger partial charge in [0.1, 0.15) is 6.04 Å². The number of benzene rings is 1. The molecule has 1 N–H and O–H groups in total. The summed E-state index contributed by atoms with van der Waals surface area (Å²) in [6, 6.07) is 6.47. The summed E-state index contributed by atoms with van der Waals surface area (Å²) in [6.45, 7) is 17.6. The van der Waals surface area contributed by atoms with Crippen LogP contribution in [0.1, 0.15) is 40.5 Å².